The molecule has 1 N–H and O–H groups in total. The Kier molecular flexibility index (Phi) is 3.93. The van der Waals surface area contributed by atoms with Gasteiger partial charge < -0.3 is 9.84 Å². The Labute approximate surface area is 141 Å². The summed E-state index contributed by atoms with van der Waals surface area (Å²) in [6.07, 6.45) is 12.8. The third-order valence-corrected chi connectivity index (χ3v) is 8.40. The largest absolute Gasteiger partial charge is 0.393 e. The highest BCUT2D eigenvalue weighted by Gasteiger charge is 2.58. The first-order chi connectivity index (χ1) is 11.0. The number of aliphatic hydroxyl groups excluding tert-OH is 1. The summed E-state index contributed by atoms with van der Waals surface area (Å²) in [4.78, 5) is 0. The highest BCUT2D eigenvalue weighted by Crippen LogP contribution is 2.65. The van der Waals surface area contributed by atoms with Crippen molar-refractivity contribution in [1.82, 2.24) is 0 Å². The van der Waals surface area contributed by atoms with Gasteiger partial charge >= 0.3 is 0 Å². The number of hydrogen-bond acceptors (Lipinski definition) is 2. The number of hydrogen-bond donors (Lipinski definition) is 1. The third kappa shape index (κ3) is 2.28. The zero-order chi connectivity index (χ0) is 16.2. The summed E-state index contributed by atoms with van der Waals surface area (Å²) in [7, 11) is 0. The van der Waals surface area contributed by atoms with Gasteiger partial charge in [-0.3, -0.25) is 0 Å². The molecule has 0 amide bonds. The molecule has 0 radical (unpaired) electrons. The Hall–Kier alpha value is -0.340. The second-order valence-electron chi connectivity index (χ2n) is 9.19. The average Bonchev–Trinajstić information content (AvgIpc) is 2.84. The number of rotatable bonds is 2. The van der Waals surface area contributed by atoms with E-state index in [9.17, 15) is 5.11 Å². The normalized spacial score (nSPS) is 52.3. The summed E-state index contributed by atoms with van der Waals surface area (Å²) < 4.78 is 5.90. The van der Waals surface area contributed by atoms with E-state index in [1.807, 2.05) is 0 Å². The van der Waals surface area contributed by atoms with Gasteiger partial charge in [0.1, 0.15) is 0 Å². The highest BCUT2D eigenvalue weighted by atomic mass is 16.5. The van der Waals surface area contributed by atoms with Crippen molar-refractivity contribution in [3.63, 3.8) is 0 Å². The molecule has 2 unspecified atom stereocenters. The summed E-state index contributed by atoms with van der Waals surface area (Å²) in [5.41, 5.74) is 2.32. The monoisotopic (exact) mass is 318 g/mol. The molecule has 0 aromatic carbocycles. The SMILES string of the molecule is CCOC1C=C2CC[C@@H]3[C@@H](CC[C@]4(C)C(O)CC[C@@H]34)[C@@]2(C)CC1. The van der Waals surface area contributed by atoms with E-state index in [4.69, 9.17) is 4.74 Å². The fourth-order valence-corrected chi connectivity index (χ4v) is 7.01. The molecule has 0 aromatic rings. The molecule has 4 aliphatic rings. The molecule has 0 bridgehead atoms. The molecule has 23 heavy (non-hydrogen) atoms. The fourth-order valence-electron chi connectivity index (χ4n) is 7.01. The van der Waals surface area contributed by atoms with Crippen LogP contribution in [0.4, 0.5) is 0 Å². The molecule has 2 heteroatoms. The molecule has 3 fully saturated rings. The number of fused-ring (bicyclic) bond motifs is 5. The molecular weight excluding hydrogens is 284 g/mol. The van der Waals surface area contributed by atoms with Gasteiger partial charge in [-0.2, -0.15) is 0 Å². The van der Waals surface area contributed by atoms with Crippen molar-refractivity contribution in [3.8, 4) is 0 Å². The summed E-state index contributed by atoms with van der Waals surface area (Å²) >= 11 is 0. The Morgan fingerprint density at radius 1 is 1.09 bits per heavy atom. The van der Waals surface area contributed by atoms with Crippen LogP contribution < -0.4 is 0 Å². The minimum atomic E-state index is -0.0492. The summed E-state index contributed by atoms with van der Waals surface area (Å²) in [6.45, 7) is 7.86. The van der Waals surface area contributed by atoms with Gasteiger partial charge in [-0.15, -0.1) is 0 Å². The average molecular weight is 319 g/mol. The lowest BCUT2D eigenvalue weighted by molar-refractivity contribution is -0.0777. The van der Waals surface area contributed by atoms with E-state index in [0.717, 1.165) is 30.8 Å². The van der Waals surface area contributed by atoms with Crippen LogP contribution in [0.2, 0.25) is 0 Å². The molecular formula is C21H34O2. The molecule has 4 rings (SSSR count). The molecule has 0 spiro atoms. The quantitative estimate of drug-likeness (QED) is 0.747. The number of allylic oxidation sites excluding steroid dienone is 1. The first-order valence-corrected chi connectivity index (χ1v) is 10.00. The maximum atomic E-state index is 10.5. The Morgan fingerprint density at radius 2 is 1.91 bits per heavy atom. The van der Waals surface area contributed by atoms with Crippen molar-refractivity contribution in [2.75, 3.05) is 6.61 Å². The van der Waals surface area contributed by atoms with Gasteiger partial charge in [0.25, 0.3) is 0 Å². The molecule has 2 nitrogen and oxygen atoms in total. The molecule has 0 aliphatic heterocycles. The van der Waals surface area contributed by atoms with Crippen LogP contribution in [-0.4, -0.2) is 23.9 Å². The molecule has 4 aliphatic carbocycles. The van der Waals surface area contributed by atoms with Gasteiger partial charge in [0.2, 0.25) is 0 Å². The molecule has 0 saturated heterocycles. The van der Waals surface area contributed by atoms with Crippen LogP contribution in [-0.2, 0) is 4.74 Å². The van der Waals surface area contributed by atoms with Crippen molar-refractivity contribution in [2.24, 2.45) is 28.6 Å². The second-order valence-corrected chi connectivity index (χ2v) is 9.19. The van der Waals surface area contributed by atoms with Crippen LogP contribution in [0.15, 0.2) is 11.6 Å². The molecule has 3 saturated carbocycles. The highest BCUT2D eigenvalue weighted by molar-refractivity contribution is 5.25. The van der Waals surface area contributed by atoms with Gasteiger partial charge in [0.15, 0.2) is 0 Å². The minimum Gasteiger partial charge on any atom is -0.393 e. The van der Waals surface area contributed by atoms with Gasteiger partial charge in [-0.1, -0.05) is 25.5 Å². The smallest absolute Gasteiger partial charge is 0.0758 e. The van der Waals surface area contributed by atoms with Crippen LogP contribution >= 0.6 is 0 Å². The van der Waals surface area contributed by atoms with Crippen molar-refractivity contribution >= 4 is 0 Å². The zero-order valence-electron chi connectivity index (χ0n) is 15.2. The van der Waals surface area contributed by atoms with Crippen molar-refractivity contribution in [3.05, 3.63) is 11.6 Å². The van der Waals surface area contributed by atoms with Crippen LogP contribution in [0.25, 0.3) is 0 Å². The lowest BCUT2D eigenvalue weighted by Crippen LogP contribution is -2.51. The molecule has 130 valence electrons. The predicted molar refractivity (Wildman–Crippen MR) is 93.1 cm³/mol. The molecule has 0 heterocycles. The predicted octanol–water partition coefficient (Wildman–Crippen LogP) is 4.72. The Bertz CT molecular complexity index is 498. The number of ether oxygens (including phenoxy) is 1. The van der Waals surface area contributed by atoms with E-state index in [1.165, 1.54) is 44.9 Å². The van der Waals surface area contributed by atoms with E-state index in [0.29, 0.717) is 11.5 Å². The molecule has 0 aromatic heterocycles. The fraction of sp³-hybridized carbons (Fsp3) is 0.905. The summed E-state index contributed by atoms with van der Waals surface area (Å²) in [5.74, 6) is 2.45. The maximum absolute atomic E-state index is 10.5. The van der Waals surface area contributed by atoms with Crippen molar-refractivity contribution in [1.29, 1.82) is 0 Å². The van der Waals surface area contributed by atoms with E-state index in [-0.39, 0.29) is 11.5 Å². The maximum Gasteiger partial charge on any atom is 0.0758 e. The molecule has 7 atom stereocenters. The van der Waals surface area contributed by atoms with E-state index in [1.54, 1.807) is 5.57 Å². The Balaban J connectivity index is 1.61. The summed E-state index contributed by atoms with van der Waals surface area (Å²) in [6, 6.07) is 0. The first-order valence-electron chi connectivity index (χ1n) is 10.00. The van der Waals surface area contributed by atoms with Gasteiger partial charge in [0.05, 0.1) is 12.2 Å². The van der Waals surface area contributed by atoms with E-state index >= 15 is 0 Å². The third-order valence-electron chi connectivity index (χ3n) is 8.40. The van der Waals surface area contributed by atoms with E-state index in [2.05, 4.69) is 26.8 Å². The lowest BCUT2D eigenvalue weighted by atomic mass is 9.47. The van der Waals surface area contributed by atoms with Crippen molar-refractivity contribution < 1.29 is 9.84 Å². The van der Waals surface area contributed by atoms with Gasteiger partial charge in [0, 0.05) is 6.61 Å². The van der Waals surface area contributed by atoms with Crippen LogP contribution in [0.1, 0.15) is 72.1 Å². The topological polar surface area (TPSA) is 29.5 Å². The van der Waals surface area contributed by atoms with Crippen LogP contribution in [0.3, 0.4) is 0 Å². The second kappa shape index (κ2) is 5.59. The van der Waals surface area contributed by atoms with Crippen LogP contribution in [0, 0.1) is 28.6 Å². The van der Waals surface area contributed by atoms with Crippen LogP contribution in [0.5, 0.6) is 0 Å². The minimum absolute atomic E-state index is 0.0492. The zero-order valence-corrected chi connectivity index (χ0v) is 15.2. The lowest BCUT2D eigenvalue weighted by Gasteiger charge is -2.58. The van der Waals surface area contributed by atoms with E-state index < -0.39 is 0 Å². The summed E-state index contributed by atoms with van der Waals surface area (Å²) in [5, 5.41) is 10.5. The Morgan fingerprint density at radius 3 is 2.70 bits per heavy atom. The van der Waals surface area contributed by atoms with Gasteiger partial charge in [-0.25, -0.2) is 0 Å². The van der Waals surface area contributed by atoms with Gasteiger partial charge in [-0.05, 0) is 86.9 Å². The standard InChI is InChI=1S/C21H34O2/c1-4-23-15-9-11-20(2)14(13-15)5-6-16-17-7-8-19(22)21(17,3)12-10-18(16)20/h13,15-19,22H,4-12H2,1-3H3/t15?,16-,17-,18+,19?,20-,21-/m0/s1. The first kappa shape index (κ1) is 16.1. The number of aliphatic hydroxyl groups is 1. The van der Waals surface area contributed by atoms with Crippen molar-refractivity contribution in [2.45, 2.75) is 84.3 Å².